The fourth-order valence-corrected chi connectivity index (χ4v) is 2.69. The van der Waals surface area contributed by atoms with Crippen LogP contribution in [0.3, 0.4) is 0 Å². The van der Waals surface area contributed by atoms with Gasteiger partial charge in [-0.25, -0.2) is 0 Å². The van der Waals surface area contributed by atoms with Crippen LogP contribution in [0.5, 0.6) is 5.75 Å². The molecule has 0 unspecified atom stereocenters. The molecule has 0 aromatic heterocycles. The van der Waals surface area contributed by atoms with Gasteiger partial charge >= 0.3 is 0 Å². The van der Waals surface area contributed by atoms with Gasteiger partial charge in [0.2, 0.25) is 0 Å². The number of carbonyl (C=O) groups excluding carboxylic acids is 2. The summed E-state index contributed by atoms with van der Waals surface area (Å²) in [5, 5.41) is 0. The summed E-state index contributed by atoms with van der Waals surface area (Å²) in [4.78, 5) is 24.4. The maximum absolute atomic E-state index is 12.3. The predicted molar refractivity (Wildman–Crippen MR) is 99.1 cm³/mol. The van der Waals surface area contributed by atoms with Gasteiger partial charge in [0.05, 0.1) is 12.2 Å². The van der Waals surface area contributed by atoms with Crippen molar-refractivity contribution in [3.05, 3.63) is 62.0 Å². The Labute approximate surface area is 157 Å². The summed E-state index contributed by atoms with van der Waals surface area (Å²) in [6.07, 6.45) is 0. The molecule has 0 spiro atoms. The Morgan fingerprint density at radius 2 is 1.75 bits per heavy atom. The summed E-state index contributed by atoms with van der Waals surface area (Å²) in [6.45, 7) is 4.20. The number of hydrogen-bond acceptors (Lipinski definition) is 3. The molecule has 0 aliphatic rings. The van der Waals surface area contributed by atoms with Crippen LogP contribution in [0.2, 0.25) is 0 Å². The van der Waals surface area contributed by atoms with Gasteiger partial charge in [0.15, 0.2) is 0 Å². The second kappa shape index (κ2) is 8.30. The lowest BCUT2D eigenvalue weighted by atomic mass is 10.1. The maximum atomic E-state index is 12.3. The fourth-order valence-electron chi connectivity index (χ4n) is 1.95. The second-order valence-corrected chi connectivity index (χ2v) is 6.72. The van der Waals surface area contributed by atoms with Crippen molar-refractivity contribution in [3.8, 4) is 5.75 Å². The number of hydrazine groups is 1. The van der Waals surface area contributed by atoms with E-state index in [1.54, 1.807) is 30.3 Å². The monoisotopic (exact) mass is 454 g/mol. The average molecular weight is 456 g/mol. The predicted octanol–water partition coefficient (Wildman–Crippen LogP) is 3.99. The van der Waals surface area contributed by atoms with Crippen molar-refractivity contribution in [2.24, 2.45) is 0 Å². The molecule has 0 bridgehead atoms. The zero-order valence-electron chi connectivity index (χ0n) is 13.2. The first-order valence-corrected chi connectivity index (χ1v) is 8.80. The maximum Gasteiger partial charge on any atom is 0.273 e. The average Bonchev–Trinajstić information content (AvgIpc) is 2.56. The molecule has 0 fully saturated rings. The molecule has 0 aliphatic heterocycles. The third kappa shape index (κ3) is 4.58. The van der Waals surface area contributed by atoms with Crippen LogP contribution >= 0.6 is 31.9 Å². The van der Waals surface area contributed by atoms with Crippen LogP contribution in [0, 0.1) is 6.92 Å². The largest absolute Gasteiger partial charge is 0.493 e. The van der Waals surface area contributed by atoms with Gasteiger partial charge in [0.1, 0.15) is 5.75 Å². The first-order valence-electron chi connectivity index (χ1n) is 7.21. The first kappa shape index (κ1) is 18.5. The number of halogens is 2. The molecule has 2 amide bonds. The van der Waals surface area contributed by atoms with E-state index in [9.17, 15) is 9.59 Å². The third-order valence-electron chi connectivity index (χ3n) is 3.21. The zero-order chi connectivity index (χ0) is 17.7. The highest BCUT2D eigenvalue weighted by molar-refractivity contribution is 9.10. The Morgan fingerprint density at radius 1 is 1.04 bits per heavy atom. The molecule has 0 heterocycles. The Balaban J connectivity index is 2.08. The molecule has 0 saturated carbocycles. The Morgan fingerprint density at radius 3 is 2.42 bits per heavy atom. The van der Waals surface area contributed by atoms with Crippen molar-refractivity contribution in [3.63, 3.8) is 0 Å². The SMILES string of the molecule is CCOc1ccc(Br)cc1C(=O)NNC(=O)c1ccc(C)c(Br)c1. The number of amides is 2. The summed E-state index contributed by atoms with van der Waals surface area (Å²) in [5.41, 5.74) is 6.59. The molecular weight excluding hydrogens is 440 g/mol. The van der Waals surface area contributed by atoms with E-state index in [1.807, 2.05) is 19.9 Å². The molecule has 2 N–H and O–H groups in total. The summed E-state index contributed by atoms with van der Waals surface area (Å²) in [5.74, 6) is -0.415. The minimum atomic E-state index is -0.459. The first-order chi connectivity index (χ1) is 11.4. The lowest BCUT2D eigenvalue weighted by molar-refractivity contribution is 0.0844. The van der Waals surface area contributed by atoms with Crippen molar-refractivity contribution < 1.29 is 14.3 Å². The van der Waals surface area contributed by atoms with E-state index in [4.69, 9.17) is 4.74 Å². The van der Waals surface area contributed by atoms with Gasteiger partial charge in [-0.3, -0.25) is 20.4 Å². The minimum Gasteiger partial charge on any atom is -0.493 e. The van der Waals surface area contributed by atoms with Gasteiger partial charge in [-0.15, -0.1) is 0 Å². The van der Waals surface area contributed by atoms with E-state index in [0.717, 1.165) is 14.5 Å². The van der Waals surface area contributed by atoms with E-state index in [0.29, 0.717) is 23.5 Å². The summed E-state index contributed by atoms with van der Waals surface area (Å²) in [7, 11) is 0. The molecule has 0 atom stereocenters. The van der Waals surface area contributed by atoms with Gasteiger partial charge < -0.3 is 4.74 Å². The van der Waals surface area contributed by atoms with Crippen LogP contribution in [-0.2, 0) is 0 Å². The molecule has 0 radical (unpaired) electrons. The van der Waals surface area contributed by atoms with Gasteiger partial charge in [0.25, 0.3) is 11.8 Å². The van der Waals surface area contributed by atoms with Crippen LogP contribution in [-0.4, -0.2) is 18.4 Å². The number of hydrogen-bond donors (Lipinski definition) is 2. The normalized spacial score (nSPS) is 10.2. The quantitative estimate of drug-likeness (QED) is 0.685. The summed E-state index contributed by atoms with van der Waals surface area (Å²) < 4.78 is 7.00. The van der Waals surface area contributed by atoms with Gasteiger partial charge in [-0.05, 0) is 49.7 Å². The van der Waals surface area contributed by atoms with Gasteiger partial charge in [-0.2, -0.15) is 0 Å². The third-order valence-corrected chi connectivity index (χ3v) is 4.56. The van der Waals surface area contributed by atoms with Crippen LogP contribution in [0.15, 0.2) is 45.3 Å². The Hall–Kier alpha value is -1.86. The number of nitrogens with one attached hydrogen (secondary N) is 2. The number of rotatable bonds is 4. The van der Waals surface area contributed by atoms with E-state index in [-0.39, 0.29) is 0 Å². The Kier molecular flexibility index (Phi) is 6.39. The standard InChI is InChI=1S/C17H16Br2N2O3/c1-3-24-15-7-6-12(18)9-13(15)17(23)21-20-16(22)11-5-4-10(2)14(19)8-11/h4-9H,3H2,1-2H3,(H,20,22)(H,21,23). The highest BCUT2D eigenvalue weighted by atomic mass is 79.9. The van der Waals surface area contributed by atoms with Gasteiger partial charge in [0, 0.05) is 14.5 Å². The lowest BCUT2D eigenvalue weighted by Gasteiger charge is -2.12. The van der Waals surface area contributed by atoms with Crippen LogP contribution in [0.25, 0.3) is 0 Å². The molecule has 0 aliphatic carbocycles. The molecule has 126 valence electrons. The summed E-state index contributed by atoms with van der Waals surface area (Å²) in [6, 6.07) is 10.3. The van der Waals surface area contributed by atoms with Crippen molar-refractivity contribution in [2.75, 3.05) is 6.61 Å². The minimum absolute atomic E-state index is 0.330. The van der Waals surface area contributed by atoms with Crippen molar-refractivity contribution in [1.29, 1.82) is 0 Å². The number of ether oxygens (including phenoxy) is 1. The van der Waals surface area contributed by atoms with Crippen LogP contribution in [0.1, 0.15) is 33.2 Å². The van der Waals surface area contributed by atoms with Crippen LogP contribution in [0.4, 0.5) is 0 Å². The smallest absolute Gasteiger partial charge is 0.273 e. The lowest BCUT2D eigenvalue weighted by Crippen LogP contribution is -2.41. The number of aryl methyl sites for hydroxylation is 1. The van der Waals surface area contributed by atoms with E-state index in [2.05, 4.69) is 42.7 Å². The van der Waals surface area contributed by atoms with Crippen molar-refractivity contribution in [1.82, 2.24) is 10.9 Å². The van der Waals surface area contributed by atoms with E-state index >= 15 is 0 Å². The van der Waals surface area contributed by atoms with Gasteiger partial charge in [-0.1, -0.05) is 37.9 Å². The van der Waals surface area contributed by atoms with E-state index < -0.39 is 11.8 Å². The second-order valence-electron chi connectivity index (χ2n) is 4.95. The molecule has 7 heteroatoms. The highest BCUT2D eigenvalue weighted by Crippen LogP contribution is 2.23. The fraction of sp³-hybridized carbons (Fsp3) is 0.176. The highest BCUT2D eigenvalue weighted by Gasteiger charge is 2.15. The van der Waals surface area contributed by atoms with Crippen molar-refractivity contribution in [2.45, 2.75) is 13.8 Å². The molecular formula is C17H16Br2N2O3. The molecule has 5 nitrogen and oxygen atoms in total. The topological polar surface area (TPSA) is 67.4 Å². The zero-order valence-corrected chi connectivity index (χ0v) is 16.3. The molecule has 2 rings (SSSR count). The molecule has 2 aromatic carbocycles. The number of benzene rings is 2. The molecule has 2 aromatic rings. The molecule has 0 saturated heterocycles. The Bertz CT molecular complexity index is 778. The van der Waals surface area contributed by atoms with Crippen LogP contribution < -0.4 is 15.6 Å². The number of carbonyl (C=O) groups is 2. The molecule has 24 heavy (non-hydrogen) atoms. The van der Waals surface area contributed by atoms with E-state index in [1.165, 1.54) is 0 Å². The van der Waals surface area contributed by atoms with Crippen molar-refractivity contribution >= 4 is 43.7 Å². The summed E-state index contributed by atoms with van der Waals surface area (Å²) >= 11 is 6.70.